The first-order valence-corrected chi connectivity index (χ1v) is 11.3. The van der Waals surface area contributed by atoms with Gasteiger partial charge in [0.05, 0.1) is 12.6 Å². The van der Waals surface area contributed by atoms with Crippen LogP contribution in [-0.2, 0) is 17.9 Å². The Labute approximate surface area is 186 Å². The van der Waals surface area contributed by atoms with Crippen molar-refractivity contribution in [3.63, 3.8) is 0 Å². The van der Waals surface area contributed by atoms with E-state index in [1.54, 1.807) is 23.1 Å². The summed E-state index contributed by atoms with van der Waals surface area (Å²) in [6, 6.07) is 5.16. The summed E-state index contributed by atoms with van der Waals surface area (Å²) in [5.74, 6) is 3.07. The largest absolute Gasteiger partial charge is 0.486 e. The minimum atomic E-state index is -0.196. The summed E-state index contributed by atoms with van der Waals surface area (Å²) < 4.78 is 13.2. The highest BCUT2D eigenvalue weighted by Gasteiger charge is 2.33. The Balaban J connectivity index is 1.28. The van der Waals surface area contributed by atoms with Crippen LogP contribution in [0.25, 0.3) is 0 Å². The molecule has 10 nitrogen and oxygen atoms in total. The summed E-state index contributed by atoms with van der Waals surface area (Å²) in [5.41, 5.74) is 0.655. The van der Waals surface area contributed by atoms with Crippen LogP contribution >= 0.6 is 0 Å². The Kier molecular flexibility index (Phi) is 5.59. The molecule has 2 aromatic rings. The van der Waals surface area contributed by atoms with Crippen molar-refractivity contribution in [1.82, 2.24) is 24.6 Å². The summed E-state index contributed by atoms with van der Waals surface area (Å²) in [7, 11) is 0. The smallest absolute Gasteiger partial charge is 0.322 e. The average Bonchev–Trinajstić information content (AvgIpc) is 3.26. The molecule has 32 heavy (non-hydrogen) atoms. The van der Waals surface area contributed by atoms with Crippen LogP contribution in [0.15, 0.2) is 18.2 Å². The van der Waals surface area contributed by atoms with Crippen LogP contribution in [0.1, 0.15) is 50.3 Å². The molecule has 0 bridgehead atoms. The lowest BCUT2D eigenvalue weighted by Crippen LogP contribution is -2.43. The van der Waals surface area contributed by atoms with Crippen LogP contribution in [0.2, 0.25) is 0 Å². The summed E-state index contributed by atoms with van der Waals surface area (Å²) >= 11 is 0. The van der Waals surface area contributed by atoms with E-state index in [9.17, 15) is 9.59 Å². The standard InChI is InChI=1S/C22H28N6O4/c1-2-20(29)27-8-4-3-5-16(27)21-25-24-19-14-26(9-10-28(19)21)22(30)23-15-6-7-17-18(13-15)32-12-11-31-17/h6-7,13,16H,2-5,8-12,14H2,1H3,(H,23,30). The molecule has 1 aromatic heterocycles. The maximum atomic E-state index is 12.9. The first-order chi connectivity index (χ1) is 15.6. The van der Waals surface area contributed by atoms with Gasteiger partial charge < -0.3 is 29.2 Å². The predicted molar refractivity (Wildman–Crippen MR) is 115 cm³/mol. The summed E-state index contributed by atoms with van der Waals surface area (Å²) in [6.45, 7) is 5.21. The molecule has 0 spiro atoms. The number of aromatic nitrogens is 3. The Morgan fingerprint density at radius 1 is 1.09 bits per heavy atom. The van der Waals surface area contributed by atoms with Crippen LogP contribution in [0, 0.1) is 0 Å². The lowest BCUT2D eigenvalue weighted by molar-refractivity contribution is -0.135. The summed E-state index contributed by atoms with van der Waals surface area (Å²) in [5, 5.41) is 11.7. The number of hydrogen-bond donors (Lipinski definition) is 1. The summed E-state index contributed by atoms with van der Waals surface area (Å²) in [4.78, 5) is 29.0. The van der Waals surface area contributed by atoms with E-state index in [0.717, 1.165) is 37.5 Å². The lowest BCUT2D eigenvalue weighted by Gasteiger charge is -2.36. The normalized spacial score (nSPS) is 20.0. The van der Waals surface area contributed by atoms with Gasteiger partial charge in [-0.1, -0.05) is 6.92 Å². The van der Waals surface area contributed by atoms with E-state index in [-0.39, 0.29) is 18.0 Å². The molecule has 1 saturated heterocycles. The third-order valence-corrected chi connectivity index (χ3v) is 6.29. The van der Waals surface area contributed by atoms with E-state index >= 15 is 0 Å². The number of anilines is 1. The third kappa shape index (κ3) is 3.85. The number of hydrogen-bond acceptors (Lipinski definition) is 6. The van der Waals surface area contributed by atoms with Crippen molar-refractivity contribution in [2.45, 2.75) is 51.7 Å². The number of fused-ring (bicyclic) bond motifs is 2. The second kappa shape index (κ2) is 8.68. The number of carbonyl (C=O) groups is 2. The zero-order valence-corrected chi connectivity index (χ0v) is 18.2. The zero-order chi connectivity index (χ0) is 22.1. The van der Waals surface area contributed by atoms with Gasteiger partial charge in [0.15, 0.2) is 23.1 Å². The topological polar surface area (TPSA) is 102 Å². The van der Waals surface area contributed by atoms with Crippen molar-refractivity contribution in [2.24, 2.45) is 0 Å². The van der Waals surface area contributed by atoms with Gasteiger partial charge in [-0.2, -0.15) is 0 Å². The number of carbonyl (C=O) groups excluding carboxylic acids is 2. The molecule has 10 heteroatoms. The molecule has 170 valence electrons. The minimum absolute atomic E-state index is 0.0319. The first-order valence-electron chi connectivity index (χ1n) is 11.3. The molecule has 1 atom stereocenters. The molecule has 3 aliphatic rings. The summed E-state index contributed by atoms with van der Waals surface area (Å²) in [6.07, 6.45) is 3.49. The maximum Gasteiger partial charge on any atom is 0.322 e. The van der Waals surface area contributed by atoms with Gasteiger partial charge in [-0.15, -0.1) is 10.2 Å². The Hall–Kier alpha value is -3.30. The molecule has 0 radical (unpaired) electrons. The Morgan fingerprint density at radius 2 is 1.94 bits per heavy atom. The number of urea groups is 1. The lowest BCUT2D eigenvalue weighted by atomic mass is 10.0. The fourth-order valence-electron chi connectivity index (χ4n) is 4.63. The van der Waals surface area contributed by atoms with Gasteiger partial charge in [0.25, 0.3) is 0 Å². The van der Waals surface area contributed by atoms with Crippen LogP contribution in [-0.4, -0.2) is 62.8 Å². The Bertz CT molecular complexity index is 1020. The van der Waals surface area contributed by atoms with E-state index < -0.39 is 0 Å². The van der Waals surface area contributed by atoms with Crippen LogP contribution in [0.4, 0.5) is 10.5 Å². The van der Waals surface area contributed by atoms with Gasteiger partial charge in [-0.05, 0) is 31.4 Å². The van der Waals surface area contributed by atoms with Crippen molar-refractivity contribution >= 4 is 17.6 Å². The van der Waals surface area contributed by atoms with Crippen molar-refractivity contribution in [1.29, 1.82) is 0 Å². The number of likely N-dealkylation sites (tertiary alicyclic amines) is 1. The maximum absolute atomic E-state index is 12.9. The SMILES string of the molecule is CCC(=O)N1CCCCC1c1nnc2n1CCN(C(=O)Nc1ccc3c(c1)OCCO3)C2. The average molecular weight is 441 g/mol. The quantitative estimate of drug-likeness (QED) is 0.787. The van der Waals surface area contributed by atoms with Gasteiger partial charge in [-0.3, -0.25) is 4.79 Å². The van der Waals surface area contributed by atoms with E-state index in [1.165, 1.54) is 0 Å². The van der Waals surface area contributed by atoms with Gasteiger partial charge in [0.2, 0.25) is 5.91 Å². The molecule has 1 fully saturated rings. The van der Waals surface area contributed by atoms with Crippen molar-refractivity contribution < 1.29 is 19.1 Å². The number of ether oxygens (including phenoxy) is 2. The van der Waals surface area contributed by atoms with Crippen LogP contribution in [0.5, 0.6) is 11.5 Å². The van der Waals surface area contributed by atoms with E-state index in [4.69, 9.17) is 9.47 Å². The molecule has 3 amide bonds. The van der Waals surface area contributed by atoms with Crippen molar-refractivity contribution in [2.75, 3.05) is 31.6 Å². The molecule has 5 rings (SSSR count). The van der Waals surface area contributed by atoms with Gasteiger partial charge in [0.1, 0.15) is 13.2 Å². The van der Waals surface area contributed by atoms with Crippen molar-refractivity contribution in [3.05, 3.63) is 29.8 Å². The number of rotatable bonds is 3. The van der Waals surface area contributed by atoms with E-state index in [0.29, 0.717) is 56.5 Å². The number of nitrogens with zero attached hydrogens (tertiary/aromatic N) is 5. The molecule has 4 heterocycles. The minimum Gasteiger partial charge on any atom is -0.486 e. The number of nitrogens with one attached hydrogen (secondary N) is 1. The van der Waals surface area contributed by atoms with Crippen LogP contribution in [0.3, 0.4) is 0 Å². The van der Waals surface area contributed by atoms with Gasteiger partial charge >= 0.3 is 6.03 Å². The van der Waals surface area contributed by atoms with Gasteiger partial charge in [-0.25, -0.2) is 4.79 Å². The molecule has 1 N–H and O–H groups in total. The molecule has 1 aromatic carbocycles. The van der Waals surface area contributed by atoms with Gasteiger partial charge in [0, 0.05) is 37.8 Å². The first kappa shape index (κ1) is 20.6. The van der Waals surface area contributed by atoms with Crippen molar-refractivity contribution in [3.8, 4) is 11.5 Å². The molecule has 1 unspecified atom stereocenters. The molecule has 0 aliphatic carbocycles. The second-order valence-electron chi connectivity index (χ2n) is 8.29. The zero-order valence-electron chi connectivity index (χ0n) is 18.2. The highest BCUT2D eigenvalue weighted by molar-refractivity contribution is 5.89. The van der Waals surface area contributed by atoms with Crippen LogP contribution < -0.4 is 14.8 Å². The molecular formula is C22H28N6O4. The van der Waals surface area contributed by atoms with E-state index in [1.807, 2.05) is 11.8 Å². The molecule has 0 saturated carbocycles. The Morgan fingerprint density at radius 3 is 2.78 bits per heavy atom. The predicted octanol–water partition coefficient (Wildman–Crippen LogP) is 2.56. The number of benzene rings is 1. The third-order valence-electron chi connectivity index (χ3n) is 6.29. The highest BCUT2D eigenvalue weighted by Crippen LogP contribution is 2.33. The van der Waals surface area contributed by atoms with E-state index in [2.05, 4.69) is 20.1 Å². The molecular weight excluding hydrogens is 412 g/mol. The number of piperidine rings is 1. The highest BCUT2D eigenvalue weighted by atomic mass is 16.6. The monoisotopic (exact) mass is 440 g/mol. The second-order valence-corrected chi connectivity index (χ2v) is 8.29. The molecule has 3 aliphatic heterocycles. The fourth-order valence-corrected chi connectivity index (χ4v) is 4.63. The fraction of sp³-hybridized carbons (Fsp3) is 0.545. The number of amides is 3.